The number of nitrogens with one attached hydrogen (secondary N) is 1. The zero-order valence-electron chi connectivity index (χ0n) is 15.9. The van der Waals surface area contributed by atoms with Crippen molar-refractivity contribution in [3.05, 3.63) is 59.9 Å². The van der Waals surface area contributed by atoms with Crippen LogP contribution < -0.4 is 5.32 Å². The number of anilines is 1. The van der Waals surface area contributed by atoms with Crippen molar-refractivity contribution in [2.75, 3.05) is 11.9 Å². The minimum Gasteiger partial charge on any atom is -0.360 e. The zero-order chi connectivity index (χ0) is 19.6. The normalized spacial score (nSPS) is 11.4. The number of amides is 2. The molecule has 3 aromatic rings. The second kappa shape index (κ2) is 7.23. The predicted molar refractivity (Wildman–Crippen MR) is 105 cm³/mol. The Morgan fingerprint density at radius 1 is 1.07 bits per heavy atom. The highest BCUT2D eigenvalue weighted by atomic mass is 16.5. The quantitative estimate of drug-likeness (QED) is 0.758. The molecule has 0 radical (unpaired) electrons. The number of nitrogens with zero attached hydrogens (tertiary/aromatic N) is 2. The molecule has 0 unspecified atom stereocenters. The van der Waals surface area contributed by atoms with Crippen LogP contribution >= 0.6 is 0 Å². The van der Waals surface area contributed by atoms with Gasteiger partial charge in [-0.05, 0) is 50.6 Å². The third-order valence-electron chi connectivity index (χ3n) is 4.25. The van der Waals surface area contributed by atoms with Crippen LogP contribution in [0.25, 0.3) is 10.8 Å². The maximum atomic E-state index is 13.1. The van der Waals surface area contributed by atoms with Crippen molar-refractivity contribution in [3.63, 3.8) is 0 Å². The molecule has 2 aromatic carbocycles. The number of hydrogen-bond donors (Lipinski definition) is 1. The monoisotopic (exact) mass is 365 g/mol. The van der Waals surface area contributed by atoms with Crippen molar-refractivity contribution in [2.24, 2.45) is 0 Å². The Kier molecular flexibility index (Phi) is 4.99. The molecule has 6 nitrogen and oxygen atoms in total. The average molecular weight is 365 g/mol. The molecule has 0 spiro atoms. The maximum absolute atomic E-state index is 13.1. The van der Waals surface area contributed by atoms with Gasteiger partial charge in [0.25, 0.3) is 5.91 Å². The molecule has 1 heterocycles. The lowest BCUT2D eigenvalue weighted by molar-refractivity contribution is -0.117. The summed E-state index contributed by atoms with van der Waals surface area (Å²) in [5.74, 6) is 0.418. The van der Waals surface area contributed by atoms with Gasteiger partial charge in [0.2, 0.25) is 5.91 Å². The number of carbonyl (C=O) groups excluding carboxylic acids is 2. The highest BCUT2D eigenvalue weighted by Crippen LogP contribution is 2.21. The molecule has 0 aliphatic carbocycles. The summed E-state index contributed by atoms with van der Waals surface area (Å²) >= 11 is 0. The molecule has 0 aliphatic heterocycles. The maximum Gasteiger partial charge on any atom is 0.254 e. The fourth-order valence-corrected chi connectivity index (χ4v) is 2.84. The Labute approximate surface area is 158 Å². The first-order valence-electron chi connectivity index (χ1n) is 8.78. The van der Waals surface area contributed by atoms with Crippen LogP contribution in [-0.4, -0.2) is 34.0 Å². The van der Waals surface area contributed by atoms with E-state index in [1.165, 1.54) is 0 Å². The molecule has 0 atom stereocenters. The molecule has 140 valence electrons. The summed E-state index contributed by atoms with van der Waals surface area (Å²) in [5.41, 5.74) is 0.0218. The summed E-state index contributed by atoms with van der Waals surface area (Å²) in [6.45, 7) is 7.37. The van der Waals surface area contributed by atoms with Gasteiger partial charge in [-0.25, -0.2) is 0 Å². The van der Waals surface area contributed by atoms with Gasteiger partial charge in [-0.1, -0.05) is 35.5 Å². The fourth-order valence-electron chi connectivity index (χ4n) is 2.84. The Morgan fingerprint density at radius 2 is 1.78 bits per heavy atom. The minimum absolute atomic E-state index is 0.0823. The first-order chi connectivity index (χ1) is 12.7. The van der Waals surface area contributed by atoms with Gasteiger partial charge in [0.05, 0.1) is 0 Å². The van der Waals surface area contributed by atoms with Crippen LogP contribution in [0.2, 0.25) is 0 Å². The van der Waals surface area contributed by atoms with E-state index in [0.717, 1.165) is 10.8 Å². The summed E-state index contributed by atoms with van der Waals surface area (Å²) in [5, 5.41) is 8.47. The molecular weight excluding hydrogens is 342 g/mol. The molecule has 0 bridgehead atoms. The second-order valence-corrected chi connectivity index (χ2v) is 7.50. The average Bonchev–Trinajstić information content (AvgIpc) is 3.02. The first kappa shape index (κ1) is 18.6. The van der Waals surface area contributed by atoms with Crippen LogP contribution in [-0.2, 0) is 4.79 Å². The molecule has 1 N–H and O–H groups in total. The van der Waals surface area contributed by atoms with E-state index in [-0.39, 0.29) is 18.4 Å². The Balaban J connectivity index is 1.82. The van der Waals surface area contributed by atoms with Crippen molar-refractivity contribution >= 4 is 28.4 Å². The van der Waals surface area contributed by atoms with E-state index in [4.69, 9.17) is 4.52 Å². The van der Waals surface area contributed by atoms with Gasteiger partial charge in [0.15, 0.2) is 5.82 Å². The topological polar surface area (TPSA) is 75.4 Å². The van der Waals surface area contributed by atoms with E-state index in [0.29, 0.717) is 17.1 Å². The van der Waals surface area contributed by atoms with E-state index in [1.807, 2.05) is 57.2 Å². The number of rotatable bonds is 4. The van der Waals surface area contributed by atoms with Crippen LogP contribution in [0.3, 0.4) is 0 Å². The predicted octanol–water partition coefficient (Wildman–Crippen LogP) is 4.02. The lowest BCUT2D eigenvalue weighted by atomic mass is 10.0. The van der Waals surface area contributed by atoms with Crippen molar-refractivity contribution in [3.8, 4) is 0 Å². The second-order valence-electron chi connectivity index (χ2n) is 7.50. The van der Waals surface area contributed by atoms with Crippen molar-refractivity contribution in [2.45, 2.75) is 33.2 Å². The smallest absolute Gasteiger partial charge is 0.254 e. The van der Waals surface area contributed by atoms with Crippen LogP contribution in [0.15, 0.2) is 53.1 Å². The largest absolute Gasteiger partial charge is 0.360 e. The van der Waals surface area contributed by atoms with Crippen LogP contribution in [0.1, 0.15) is 36.9 Å². The highest BCUT2D eigenvalue weighted by molar-refractivity contribution is 6.01. The molecule has 0 saturated heterocycles. The number of carbonyl (C=O) groups is 2. The molecule has 0 aliphatic rings. The molecule has 2 amide bonds. The first-order valence-corrected chi connectivity index (χ1v) is 8.78. The number of aromatic nitrogens is 1. The lowest BCUT2D eigenvalue weighted by Crippen LogP contribution is -2.49. The van der Waals surface area contributed by atoms with E-state index in [1.54, 1.807) is 24.0 Å². The van der Waals surface area contributed by atoms with Gasteiger partial charge in [-0.2, -0.15) is 0 Å². The SMILES string of the molecule is Cc1cc(NC(=O)CN(C(=O)c2ccc3ccccc3c2)C(C)(C)C)no1. The van der Waals surface area contributed by atoms with Crippen LogP contribution in [0.5, 0.6) is 0 Å². The molecule has 27 heavy (non-hydrogen) atoms. The number of hydrogen-bond acceptors (Lipinski definition) is 4. The molecule has 1 aromatic heterocycles. The van der Waals surface area contributed by atoms with Gasteiger partial charge in [0.1, 0.15) is 12.3 Å². The summed E-state index contributed by atoms with van der Waals surface area (Å²) in [7, 11) is 0. The number of benzene rings is 2. The van der Waals surface area contributed by atoms with Gasteiger partial charge in [0, 0.05) is 17.2 Å². The van der Waals surface area contributed by atoms with Crippen LogP contribution in [0, 0.1) is 6.92 Å². The van der Waals surface area contributed by atoms with Crippen molar-refractivity contribution < 1.29 is 14.1 Å². The number of aryl methyl sites for hydroxylation is 1. The molecule has 0 saturated carbocycles. The lowest BCUT2D eigenvalue weighted by Gasteiger charge is -2.35. The Morgan fingerprint density at radius 3 is 2.41 bits per heavy atom. The van der Waals surface area contributed by atoms with Gasteiger partial charge in [-0.15, -0.1) is 0 Å². The van der Waals surface area contributed by atoms with Crippen LogP contribution in [0.4, 0.5) is 5.82 Å². The minimum atomic E-state index is -0.528. The summed E-state index contributed by atoms with van der Waals surface area (Å²) in [4.78, 5) is 27.1. The fraction of sp³-hybridized carbons (Fsp3) is 0.286. The molecular formula is C21H23N3O3. The van der Waals surface area contributed by atoms with E-state index >= 15 is 0 Å². The molecule has 6 heteroatoms. The van der Waals surface area contributed by atoms with Gasteiger partial charge in [-0.3, -0.25) is 9.59 Å². The third-order valence-corrected chi connectivity index (χ3v) is 4.25. The van der Waals surface area contributed by atoms with E-state index in [2.05, 4.69) is 10.5 Å². The molecule has 0 fully saturated rings. The Hall–Kier alpha value is -3.15. The summed E-state index contributed by atoms with van der Waals surface area (Å²) < 4.78 is 4.95. The standard InChI is InChI=1S/C21H23N3O3/c1-14-11-18(23-27-14)22-19(25)13-24(21(2,3)4)20(26)17-10-9-15-7-5-6-8-16(15)12-17/h5-12H,13H2,1-4H3,(H,22,23,25). The summed E-state index contributed by atoms with van der Waals surface area (Å²) in [6.07, 6.45) is 0. The van der Waals surface area contributed by atoms with E-state index < -0.39 is 5.54 Å². The van der Waals surface area contributed by atoms with Gasteiger partial charge >= 0.3 is 0 Å². The van der Waals surface area contributed by atoms with Crippen molar-refractivity contribution in [1.82, 2.24) is 10.1 Å². The Bertz CT molecular complexity index is 986. The zero-order valence-corrected chi connectivity index (χ0v) is 15.9. The highest BCUT2D eigenvalue weighted by Gasteiger charge is 2.29. The summed E-state index contributed by atoms with van der Waals surface area (Å²) in [6, 6.07) is 15.1. The number of fused-ring (bicyclic) bond motifs is 1. The molecule has 3 rings (SSSR count). The van der Waals surface area contributed by atoms with Gasteiger partial charge < -0.3 is 14.7 Å². The third kappa shape index (κ3) is 4.34. The van der Waals surface area contributed by atoms with E-state index in [9.17, 15) is 9.59 Å². The van der Waals surface area contributed by atoms with Crippen molar-refractivity contribution in [1.29, 1.82) is 0 Å².